The van der Waals surface area contributed by atoms with Crippen LogP contribution in [-0.2, 0) is 14.4 Å². The largest absolute Gasteiger partial charge is 0.323 e. The lowest BCUT2D eigenvalue weighted by molar-refractivity contribution is -0.129. The van der Waals surface area contributed by atoms with Gasteiger partial charge in [0.2, 0.25) is 17.7 Å². The van der Waals surface area contributed by atoms with E-state index < -0.39 is 0 Å². The van der Waals surface area contributed by atoms with Crippen molar-refractivity contribution in [3.63, 3.8) is 0 Å². The van der Waals surface area contributed by atoms with Crippen LogP contribution in [0.15, 0.2) is 91.1 Å². The molecule has 0 radical (unpaired) electrons. The molecule has 1 aliphatic rings. The van der Waals surface area contributed by atoms with Crippen molar-refractivity contribution in [1.29, 1.82) is 0 Å². The second kappa shape index (κ2) is 10.4. The maximum atomic E-state index is 13.5. The van der Waals surface area contributed by atoms with Gasteiger partial charge in [-0.25, -0.2) is 9.07 Å². The second-order valence-electron chi connectivity index (χ2n) is 8.57. The summed E-state index contributed by atoms with van der Waals surface area (Å²) < 4.78 is 15.2. The summed E-state index contributed by atoms with van der Waals surface area (Å²) in [6, 6.07) is 22.1. The van der Waals surface area contributed by atoms with Gasteiger partial charge in [-0.15, -0.1) is 0 Å². The van der Waals surface area contributed by atoms with Gasteiger partial charge < -0.3 is 5.32 Å². The van der Waals surface area contributed by atoms with E-state index in [0.29, 0.717) is 47.5 Å². The summed E-state index contributed by atoms with van der Waals surface area (Å²) in [7, 11) is 0. The first kappa shape index (κ1) is 23.9. The molecule has 1 N–H and O–H groups in total. The minimum Gasteiger partial charge on any atom is -0.323 e. The fraction of sp³-hybridized carbons (Fsp3) is 0.103. The summed E-state index contributed by atoms with van der Waals surface area (Å²) in [4.78, 5) is 38.1. The van der Waals surface area contributed by atoms with Gasteiger partial charge in [-0.2, -0.15) is 5.10 Å². The van der Waals surface area contributed by atoms with Gasteiger partial charge in [-0.05, 0) is 73.2 Å². The number of rotatable bonds is 6. The zero-order chi connectivity index (χ0) is 25.8. The van der Waals surface area contributed by atoms with Gasteiger partial charge in [-0.1, -0.05) is 18.2 Å². The molecule has 3 aromatic carbocycles. The Morgan fingerprint density at radius 2 is 1.54 bits per heavy atom. The predicted octanol–water partition coefficient (Wildman–Crippen LogP) is 5.37. The molecule has 2 heterocycles. The summed E-state index contributed by atoms with van der Waals surface area (Å²) in [5.41, 5.74) is 3.86. The first-order valence-electron chi connectivity index (χ1n) is 11.8. The molecule has 0 aliphatic carbocycles. The van der Waals surface area contributed by atoms with Gasteiger partial charge in [0.1, 0.15) is 5.82 Å². The van der Waals surface area contributed by atoms with Crippen LogP contribution < -0.4 is 10.2 Å². The van der Waals surface area contributed by atoms with Crippen molar-refractivity contribution >= 4 is 35.2 Å². The Bertz CT molecular complexity index is 1460. The highest BCUT2D eigenvalue weighted by Crippen LogP contribution is 2.26. The van der Waals surface area contributed by atoms with Gasteiger partial charge >= 0.3 is 0 Å². The lowest BCUT2D eigenvalue weighted by Gasteiger charge is -2.24. The molecular weight excluding hydrogens is 471 g/mol. The molecule has 0 atom stereocenters. The van der Waals surface area contributed by atoms with Gasteiger partial charge in [0.15, 0.2) is 0 Å². The van der Waals surface area contributed by atoms with Crippen molar-refractivity contribution in [3.8, 4) is 16.9 Å². The summed E-state index contributed by atoms with van der Waals surface area (Å²) in [6.45, 7) is 0. The highest BCUT2D eigenvalue weighted by molar-refractivity contribution is 6.16. The number of anilines is 2. The Labute approximate surface area is 212 Å². The minimum absolute atomic E-state index is 0.219. The number of nitrogens with zero attached hydrogens (tertiary/aromatic N) is 3. The molecule has 1 aromatic heterocycles. The molecule has 8 heteroatoms. The number of hydrogen-bond acceptors (Lipinski definition) is 4. The Balaban J connectivity index is 1.34. The lowest BCUT2D eigenvalue weighted by atomic mass is 10.1. The van der Waals surface area contributed by atoms with Crippen LogP contribution >= 0.6 is 0 Å². The summed E-state index contributed by atoms with van der Waals surface area (Å²) in [5, 5.41) is 7.44. The molecule has 0 bridgehead atoms. The molecule has 1 fully saturated rings. The monoisotopic (exact) mass is 494 g/mol. The Kier molecular flexibility index (Phi) is 6.72. The number of amides is 3. The zero-order valence-electron chi connectivity index (χ0n) is 19.8. The number of aromatic nitrogens is 2. The number of hydrogen-bond donors (Lipinski definition) is 1. The fourth-order valence-corrected chi connectivity index (χ4v) is 4.14. The van der Waals surface area contributed by atoms with Crippen LogP contribution in [0.4, 0.5) is 15.8 Å². The van der Waals surface area contributed by atoms with E-state index in [1.165, 1.54) is 23.1 Å². The average molecular weight is 495 g/mol. The van der Waals surface area contributed by atoms with Crippen LogP contribution in [0.3, 0.4) is 0 Å². The van der Waals surface area contributed by atoms with E-state index in [-0.39, 0.29) is 23.5 Å². The molecular formula is C29H23FN4O3. The maximum absolute atomic E-state index is 13.5. The van der Waals surface area contributed by atoms with E-state index in [1.807, 2.05) is 30.3 Å². The van der Waals surface area contributed by atoms with Crippen LogP contribution in [0, 0.1) is 5.82 Å². The van der Waals surface area contributed by atoms with E-state index >= 15 is 0 Å². The first-order chi connectivity index (χ1) is 18.0. The number of nitrogens with one attached hydrogen (secondary N) is 1. The number of piperidine rings is 1. The van der Waals surface area contributed by atoms with Crippen LogP contribution in [0.1, 0.15) is 24.8 Å². The molecule has 0 spiro atoms. The van der Waals surface area contributed by atoms with Crippen LogP contribution in [-0.4, -0.2) is 27.5 Å². The minimum atomic E-state index is -0.365. The van der Waals surface area contributed by atoms with Crippen LogP contribution in [0.5, 0.6) is 0 Å². The van der Waals surface area contributed by atoms with Gasteiger partial charge in [0.25, 0.3) is 0 Å². The zero-order valence-corrected chi connectivity index (χ0v) is 19.8. The average Bonchev–Trinajstić information content (AvgIpc) is 3.34. The number of carbonyl (C=O) groups is 3. The van der Waals surface area contributed by atoms with Crippen LogP contribution in [0.25, 0.3) is 23.0 Å². The Morgan fingerprint density at radius 1 is 0.865 bits per heavy atom. The SMILES string of the molecule is O=C(/C=C/c1cn(-c2ccccc2)nc1-c1ccc(F)cc1)Nc1ccc(N2C(=O)CCCC2=O)cc1. The number of para-hydroxylation sites is 1. The third kappa shape index (κ3) is 5.38. The molecule has 37 heavy (non-hydrogen) atoms. The number of carbonyl (C=O) groups excluding carboxylic acids is 3. The second-order valence-corrected chi connectivity index (χ2v) is 8.57. The van der Waals surface area contributed by atoms with Crippen molar-refractivity contribution in [2.24, 2.45) is 0 Å². The lowest BCUT2D eigenvalue weighted by Crippen LogP contribution is -2.40. The first-order valence-corrected chi connectivity index (χ1v) is 11.8. The highest BCUT2D eigenvalue weighted by Gasteiger charge is 2.27. The summed E-state index contributed by atoms with van der Waals surface area (Å²) >= 11 is 0. The van der Waals surface area contributed by atoms with Crippen molar-refractivity contribution < 1.29 is 18.8 Å². The molecule has 0 saturated carbocycles. The number of benzene rings is 3. The van der Waals surface area contributed by atoms with Crippen molar-refractivity contribution in [1.82, 2.24) is 9.78 Å². The normalized spacial score (nSPS) is 13.8. The molecule has 0 unspecified atom stereocenters. The third-order valence-electron chi connectivity index (χ3n) is 5.97. The molecule has 5 rings (SSSR count). The van der Waals surface area contributed by atoms with Gasteiger partial charge in [0, 0.05) is 41.9 Å². The van der Waals surface area contributed by atoms with Crippen LogP contribution in [0.2, 0.25) is 0 Å². The van der Waals surface area contributed by atoms with Gasteiger partial charge in [0.05, 0.1) is 17.1 Å². The molecule has 184 valence electrons. The van der Waals surface area contributed by atoms with E-state index in [1.54, 1.807) is 53.4 Å². The van der Waals surface area contributed by atoms with Crippen molar-refractivity contribution in [2.75, 3.05) is 10.2 Å². The number of imide groups is 1. The van der Waals surface area contributed by atoms with Crippen molar-refractivity contribution in [3.05, 3.63) is 103 Å². The maximum Gasteiger partial charge on any atom is 0.248 e. The van der Waals surface area contributed by atoms with E-state index in [2.05, 4.69) is 10.4 Å². The molecule has 3 amide bonds. The van der Waals surface area contributed by atoms with E-state index in [9.17, 15) is 18.8 Å². The Morgan fingerprint density at radius 3 is 2.22 bits per heavy atom. The highest BCUT2D eigenvalue weighted by atomic mass is 19.1. The predicted molar refractivity (Wildman–Crippen MR) is 139 cm³/mol. The number of halogens is 1. The molecule has 1 saturated heterocycles. The van der Waals surface area contributed by atoms with E-state index in [4.69, 9.17) is 0 Å². The van der Waals surface area contributed by atoms with E-state index in [0.717, 1.165) is 5.69 Å². The quantitative estimate of drug-likeness (QED) is 0.288. The molecule has 7 nitrogen and oxygen atoms in total. The smallest absolute Gasteiger partial charge is 0.248 e. The van der Waals surface area contributed by atoms with Crippen molar-refractivity contribution in [2.45, 2.75) is 19.3 Å². The molecule has 1 aliphatic heterocycles. The standard InChI is InChI=1S/C29H23FN4O3/c30-22-12-9-20(10-13-22)29-21(19-33(32-29)24-5-2-1-3-6-24)11-18-26(35)31-23-14-16-25(17-15-23)34-27(36)7-4-8-28(34)37/h1-3,5-6,9-19H,4,7-8H2,(H,31,35)/b18-11+. The topological polar surface area (TPSA) is 84.3 Å². The summed E-state index contributed by atoms with van der Waals surface area (Å²) in [6.07, 6.45) is 6.11. The molecule has 4 aromatic rings. The third-order valence-corrected chi connectivity index (χ3v) is 5.97. The fourth-order valence-electron chi connectivity index (χ4n) is 4.14. The van der Waals surface area contributed by atoms with Gasteiger partial charge in [-0.3, -0.25) is 19.3 Å². The summed E-state index contributed by atoms with van der Waals surface area (Å²) in [5.74, 6) is -1.15. The Hall–Kier alpha value is -4.85.